The highest BCUT2D eigenvalue weighted by atomic mass is 35.5. The second-order valence-corrected chi connectivity index (χ2v) is 15.1. The molecule has 1 saturated carbocycles. The minimum Gasteiger partial charge on any atom is -0.490 e. The molecule has 4 aromatic rings. The quantitative estimate of drug-likeness (QED) is 0.198. The largest absolute Gasteiger partial charge is 0.490 e. The number of amides is 1. The number of ether oxygens (including phenoxy) is 1. The van der Waals surface area contributed by atoms with E-state index >= 15 is 8.78 Å². The van der Waals surface area contributed by atoms with Crippen LogP contribution in [-0.4, -0.2) is 49.5 Å². The van der Waals surface area contributed by atoms with Gasteiger partial charge in [0.25, 0.3) is 5.92 Å². The summed E-state index contributed by atoms with van der Waals surface area (Å²) in [6.45, 7) is 0. The van der Waals surface area contributed by atoms with Gasteiger partial charge in [-0.2, -0.15) is 13.5 Å². The Morgan fingerprint density at radius 1 is 0.894 bits per heavy atom. The Labute approximate surface area is 278 Å². The third kappa shape index (κ3) is 6.24. The van der Waals surface area contributed by atoms with E-state index in [4.69, 9.17) is 22.1 Å². The molecule has 2 saturated heterocycles. The molecular formula is C36H36ClF2N3O4S. The third-order valence-corrected chi connectivity index (χ3v) is 11.5. The molecule has 2 aliphatic heterocycles. The molecule has 2 heterocycles. The fourth-order valence-electron chi connectivity index (χ4n) is 7.37. The average molecular weight is 680 g/mol. The van der Waals surface area contributed by atoms with Crippen LogP contribution in [0.15, 0.2) is 89.8 Å². The highest BCUT2D eigenvalue weighted by molar-refractivity contribution is 7.89. The van der Waals surface area contributed by atoms with E-state index in [-0.39, 0.29) is 23.1 Å². The molecule has 0 aromatic heterocycles. The number of nitrogens with one attached hydrogen (secondary N) is 1. The monoisotopic (exact) mass is 679 g/mol. The highest BCUT2D eigenvalue weighted by Crippen LogP contribution is 2.41. The Kier molecular flexibility index (Phi) is 8.49. The highest BCUT2D eigenvalue weighted by Gasteiger charge is 2.55. The van der Waals surface area contributed by atoms with Crippen LogP contribution >= 0.6 is 11.6 Å². The Bertz CT molecular complexity index is 1900. The molecule has 1 amide bonds. The predicted octanol–water partition coefficient (Wildman–Crippen LogP) is 7.01. The van der Waals surface area contributed by atoms with Gasteiger partial charge in [-0.05, 0) is 103 Å². The lowest BCUT2D eigenvalue weighted by molar-refractivity contribution is -0.145. The maximum atomic E-state index is 16.6. The van der Waals surface area contributed by atoms with Gasteiger partial charge >= 0.3 is 0 Å². The number of fused-ring (bicyclic) bond motifs is 3. The van der Waals surface area contributed by atoms with Gasteiger partial charge in [-0.25, -0.2) is 8.42 Å². The Hall–Kier alpha value is -3.57. The van der Waals surface area contributed by atoms with Gasteiger partial charge in [0.2, 0.25) is 15.9 Å². The summed E-state index contributed by atoms with van der Waals surface area (Å²) in [7, 11) is -4.58. The van der Waals surface area contributed by atoms with Crippen LogP contribution in [0.3, 0.4) is 0 Å². The molecule has 1 aliphatic carbocycles. The van der Waals surface area contributed by atoms with Crippen LogP contribution in [0.2, 0.25) is 5.02 Å². The zero-order valence-corrected chi connectivity index (χ0v) is 27.2. The first-order valence-corrected chi connectivity index (χ1v) is 17.9. The molecule has 3 N–H and O–H groups in total. The summed E-state index contributed by atoms with van der Waals surface area (Å²) < 4.78 is 69.0. The maximum Gasteiger partial charge on any atom is 0.298 e. The van der Waals surface area contributed by atoms with Gasteiger partial charge in [0.05, 0.1) is 11.0 Å². The van der Waals surface area contributed by atoms with Gasteiger partial charge in [-0.15, -0.1) is 0 Å². The molecule has 11 heteroatoms. The molecule has 0 spiro atoms. The summed E-state index contributed by atoms with van der Waals surface area (Å²) in [5.74, 6) is -4.17. The normalized spacial score (nSPS) is 22.2. The lowest BCUT2D eigenvalue weighted by Gasteiger charge is -2.33. The van der Waals surface area contributed by atoms with E-state index < -0.39 is 39.5 Å². The maximum absolute atomic E-state index is 16.6. The first-order valence-electron chi connectivity index (χ1n) is 16.0. The number of rotatable bonds is 9. The average Bonchev–Trinajstić information content (AvgIpc) is 3.80. The van der Waals surface area contributed by atoms with Crippen LogP contribution in [0.4, 0.5) is 8.78 Å². The first kappa shape index (κ1) is 32.0. The minimum atomic E-state index is -4.58. The van der Waals surface area contributed by atoms with E-state index in [0.29, 0.717) is 41.0 Å². The zero-order chi connectivity index (χ0) is 32.9. The smallest absolute Gasteiger partial charge is 0.298 e. The van der Waals surface area contributed by atoms with E-state index in [1.54, 1.807) is 42.5 Å². The van der Waals surface area contributed by atoms with Gasteiger partial charge in [0.15, 0.2) is 6.04 Å². The molecule has 3 fully saturated rings. The number of alkyl halides is 2. The lowest BCUT2D eigenvalue weighted by Crippen LogP contribution is -2.57. The Morgan fingerprint density at radius 2 is 1.53 bits per heavy atom. The number of carbonyl (C=O) groups is 1. The standard InChI is InChI=1S/C36H36ClF2N3O4S/c37-27-13-7-23(8-14-27)22-5-11-26(12-6-22)36(38,39)34(35(43)42-28-15-18-33(42)32(40)21-28)41-47(44,45)31-17-10-24-19-30(16-9-25(24)20-31)46-29-3-1-2-4-29/h5-14,16-17,19-20,28-29,32-34,41H,1-4,15,18,21,40H2/t28?,32-,33?,34?/m1/s1. The molecule has 7 rings (SSSR count). The summed E-state index contributed by atoms with van der Waals surface area (Å²) in [5.41, 5.74) is 7.19. The van der Waals surface area contributed by atoms with Gasteiger partial charge in [0.1, 0.15) is 5.75 Å². The lowest BCUT2D eigenvalue weighted by atomic mass is 9.96. The number of hydrogen-bond acceptors (Lipinski definition) is 5. The summed E-state index contributed by atoms with van der Waals surface area (Å²) in [6, 6.07) is 18.8. The van der Waals surface area contributed by atoms with Crippen molar-refractivity contribution < 1.29 is 26.7 Å². The van der Waals surface area contributed by atoms with Crippen molar-refractivity contribution in [1.82, 2.24) is 9.62 Å². The van der Waals surface area contributed by atoms with Gasteiger partial charge in [-0.1, -0.05) is 60.1 Å². The van der Waals surface area contributed by atoms with E-state index in [0.717, 1.165) is 36.6 Å². The van der Waals surface area contributed by atoms with Crippen molar-refractivity contribution >= 4 is 38.3 Å². The van der Waals surface area contributed by atoms with Crippen molar-refractivity contribution in [3.8, 4) is 16.9 Å². The molecule has 2 bridgehead atoms. The second kappa shape index (κ2) is 12.5. The fraction of sp³-hybridized carbons (Fsp3) is 0.361. The minimum absolute atomic E-state index is 0.168. The number of hydrogen-bond donors (Lipinski definition) is 2. The van der Waals surface area contributed by atoms with Crippen LogP contribution in [0, 0.1) is 0 Å². The third-order valence-electron chi connectivity index (χ3n) is 9.87. The molecular weight excluding hydrogens is 644 g/mol. The van der Waals surface area contributed by atoms with E-state index in [1.165, 1.54) is 41.3 Å². The zero-order valence-electron chi connectivity index (χ0n) is 25.6. The van der Waals surface area contributed by atoms with Crippen molar-refractivity contribution in [2.24, 2.45) is 5.73 Å². The predicted molar refractivity (Wildman–Crippen MR) is 178 cm³/mol. The van der Waals surface area contributed by atoms with E-state index in [1.807, 2.05) is 6.07 Å². The second-order valence-electron chi connectivity index (χ2n) is 12.9. The summed E-state index contributed by atoms with van der Waals surface area (Å²) in [4.78, 5) is 15.2. The van der Waals surface area contributed by atoms with Gasteiger partial charge in [0, 0.05) is 28.7 Å². The molecule has 0 radical (unpaired) electrons. The molecule has 4 atom stereocenters. The number of nitrogens with two attached hydrogens (primary N) is 1. The number of sulfonamides is 1. The van der Waals surface area contributed by atoms with E-state index in [9.17, 15) is 13.2 Å². The first-order chi connectivity index (χ1) is 22.5. The fourth-order valence-corrected chi connectivity index (χ4v) is 8.72. The van der Waals surface area contributed by atoms with Crippen molar-refractivity contribution in [3.63, 3.8) is 0 Å². The molecule has 4 aromatic carbocycles. The van der Waals surface area contributed by atoms with Crippen LogP contribution in [-0.2, 0) is 20.7 Å². The molecule has 3 aliphatic rings. The van der Waals surface area contributed by atoms with Crippen LogP contribution < -0.4 is 15.2 Å². The summed E-state index contributed by atoms with van der Waals surface area (Å²) in [6.07, 6.45) is 6.17. The number of benzene rings is 4. The van der Waals surface area contributed by atoms with Crippen LogP contribution in [0.1, 0.15) is 50.5 Å². The topological polar surface area (TPSA) is 102 Å². The Morgan fingerprint density at radius 3 is 2.17 bits per heavy atom. The molecule has 3 unspecified atom stereocenters. The molecule has 7 nitrogen and oxygen atoms in total. The van der Waals surface area contributed by atoms with Gasteiger partial charge < -0.3 is 15.4 Å². The van der Waals surface area contributed by atoms with Crippen LogP contribution in [0.25, 0.3) is 21.9 Å². The van der Waals surface area contributed by atoms with Crippen molar-refractivity contribution in [3.05, 3.63) is 95.5 Å². The number of nitrogens with zero attached hydrogens (tertiary/aromatic N) is 1. The van der Waals surface area contributed by atoms with Crippen LogP contribution in [0.5, 0.6) is 5.75 Å². The number of carbonyl (C=O) groups excluding carboxylic acids is 1. The van der Waals surface area contributed by atoms with E-state index in [2.05, 4.69) is 4.72 Å². The van der Waals surface area contributed by atoms with Crippen molar-refractivity contribution in [2.45, 2.75) is 86.0 Å². The molecule has 47 heavy (non-hydrogen) atoms. The summed E-state index contributed by atoms with van der Waals surface area (Å²) in [5, 5.41) is 1.90. The number of halogens is 3. The summed E-state index contributed by atoms with van der Waals surface area (Å²) >= 11 is 5.99. The van der Waals surface area contributed by atoms with Crippen molar-refractivity contribution in [1.29, 1.82) is 0 Å². The van der Waals surface area contributed by atoms with Gasteiger partial charge in [-0.3, -0.25) is 4.79 Å². The molecule has 246 valence electrons. The SMILES string of the molecule is N[C@@H]1CC2CCC1N2C(=O)C(NS(=O)(=O)c1ccc2cc(OC3CCCC3)ccc2c1)C(F)(F)c1ccc(-c2ccc(Cl)cc2)cc1. The van der Waals surface area contributed by atoms with Crippen molar-refractivity contribution in [2.75, 3.05) is 0 Å². The Balaban J connectivity index is 1.20.